The van der Waals surface area contributed by atoms with Gasteiger partial charge in [-0.3, -0.25) is 9.59 Å². The molecule has 0 N–H and O–H groups in total. The molecule has 5 nitrogen and oxygen atoms in total. The smallest absolute Gasteiger partial charge is 0.233 e. The van der Waals surface area contributed by atoms with E-state index < -0.39 is 5.78 Å². The monoisotopic (exact) mass is 373 g/mol. The van der Waals surface area contributed by atoms with E-state index in [1.165, 1.54) is 7.11 Å². The van der Waals surface area contributed by atoms with Gasteiger partial charge in [-0.1, -0.05) is 47.5 Å². The van der Waals surface area contributed by atoms with Crippen LogP contribution >= 0.6 is 23.2 Å². The van der Waals surface area contributed by atoms with Crippen LogP contribution in [0.15, 0.2) is 40.8 Å². The summed E-state index contributed by atoms with van der Waals surface area (Å²) < 4.78 is 10.9. The van der Waals surface area contributed by atoms with E-state index in [9.17, 15) is 9.59 Å². The molecule has 2 aromatic carbocycles. The first kappa shape index (κ1) is 15.9. The maximum atomic E-state index is 12.6. The Morgan fingerprint density at radius 3 is 2.28 bits per heavy atom. The van der Waals surface area contributed by atoms with Crippen LogP contribution in [0.5, 0.6) is 5.75 Å². The Balaban J connectivity index is 1.95. The van der Waals surface area contributed by atoms with Crippen LogP contribution in [0.2, 0.25) is 10.0 Å². The first-order valence-corrected chi connectivity index (χ1v) is 8.00. The van der Waals surface area contributed by atoms with Crippen molar-refractivity contribution in [1.29, 1.82) is 0 Å². The number of methoxy groups -OCH3 is 1. The molecule has 7 heteroatoms. The average Bonchev–Trinajstić information content (AvgIpc) is 3.06. The van der Waals surface area contributed by atoms with Gasteiger partial charge >= 0.3 is 0 Å². The van der Waals surface area contributed by atoms with Crippen LogP contribution < -0.4 is 4.74 Å². The lowest BCUT2D eigenvalue weighted by Crippen LogP contribution is -2.19. The number of nitrogens with zero attached hydrogens (tertiary/aromatic N) is 1. The molecule has 4 rings (SSSR count). The number of ketones is 2. The van der Waals surface area contributed by atoms with E-state index in [1.54, 1.807) is 36.4 Å². The minimum Gasteiger partial charge on any atom is -0.494 e. The summed E-state index contributed by atoms with van der Waals surface area (Å²) in [4.78, 5) is 29.5. The van der Waals surface area contributed by atoms with Crippen LogP contribution in [0.25, 0.3) is 11.5 Å². The van der Waals surface area contributed by atoms with E-state index in [-0.39, 0.29) is 45.0 Å². The molecule has 0 saturated carbocycles. The minimum atomic E-state index is -0.402. The van der Waals surface area contributed by atoms with Gasteiger partial charge in [-0.05, 0) is 12.1 Å². The maximum absolute atomic E-state index is 12.6. The van der Waals surface area contributed by atoms with Crippen molar-refractivity contribution >= 4 is 34.8 Å². The molecule has 124 valence electrons. The molecule has 0 bridgehead atoms. The summed E-state index contributed by atoms with van der Waals surface area (Å²) >= 11 is 12.4. The quantitative estimate of drug-likeness (QED) is 0.519. The van der Waals surface area contributed by atoms with Gasteiger partial charge in [-0.25, -0.2) is 4.98 Å². The average molecular weight is 374 g/mol. The Morgan fingerprint density at radius 2 is 1.60 bits per heavy atom. The lowest BCUT2D eigenvalue weighted by atomic mass is 9.91. The number of benzene rings is 2. The standard InChI is InChI=1S/C18H9Cl2NO4/c1-24-16-11(20)7-6-10(19)12(16)18-21-13-14(22)8-4-2-3-5-9(8)15(23)17(13)25-18/h2-7H,1H3. The third-order valence-corrected chi connectivity index (χ3v) is 4.55. The number of carbonyl (C=O) groups excluding carboxylic acids is 2. The van der Waals surface area contributed by atoms with Gasteiger partial charge in [-0.2, -0.15) is 0 Å². The second-order valence-corrected chi connectivity index (χ2v) is 6.15. The summed E-state index contributed by atoms with van der Waals surface area (Å²) in [5.41, 5.74) is 0.823. The van der Waals surface area contributed by atoms with Gasteiger partial charge in [0.1, 0.15) is 0 Å². The molecule has 0 fully saturated rings. The Labute approximate surface area is 152 Å². The summed E-state index contributed by atoms with van der Waals surface area (Å²) in [6.07, 6.45) is 0. The Hall–Kier alpha value is -2.63. The lowest BCUT2D eigenvalue weighted by Gasteiger charge is -2.10. The molecule has 1 aliphatic rings. The summed E-state index contributed by atoms with van der Waals surface area (Å²) in [6.45, 7) is 0. The second kappa shape index (κ2) is 5.72. The maximum Gasteiger partial charge on any atom is 0.233 e. The molecule has 0 amide bonds. The molecule has 0 radical (unpaired) electrons. The molecule has 3 aromatic rings. The van der Waals surface area contributed by atoms with Crippen LogP contribution in [0, 0.1) is 0 Å². The van der Waals surface area contributed by atoms with Gasteiger partial charge in [-0.15, -0.1) is 0 Å². The van der Waals surface area contributed by atoms with E-state index in [0.29, 0.717) is 10.6 Å². The van der Waals surface area contributed by atoms with Crippen molar-refractivity contribution in [3.63, 3.8) is 0 Å². The molecule has 0 unspecified atom stereocenters. The highest BCUT2D eigenvalue weighted by Gasteiger charge is 2.36. The van der Waals surface area contributed by atoms with E-state index in [2.05, 4.69) is 4.98 Å². The van der Waals surface area contributed by atoms with Gasteiger partial charge in [0.2, 0.25) is 23.2 Å². The van der Waals surface area contributed by atoms with E-state index in [4.69, 9.17) is 32.4 Å². The molecule has 0 atom stereocenters. The number of hydrogen-bond acceptors (Lipinski definition) is 5. The van der Waals surface area contributed by atoms with Gasteiger partial charge in [0.05, 0.1) is 22.7 Å². The zero-order valence-corrected chi connectivity index (χ0v) is 14.3. The highest BCUT2D eigenvalue weighted by Crippen LogP contribution is 2.42. The Bertz CT molecular complexity index is 1000. The molecular formula is C18H9Cl2NO4. The molecule has 1 heterocycles. The summed E-state index contributed by atoms with van der Waals surface area (Å²) in [7, 11) is 1.43. The van der Waals surface area contributed by atoms with Crippen LogP contribution in [0.3, 0.4) is 0 Å². The highest BCUT2D eigenvalue weighted by atomic mass is 35.5. The van der Waals surface area contributed by atoms with Crippen LogP contribution in [0.1, 0.15) is 32.2 Å². The predicted octanol–water partition coefficient (Wildman–Crippen LogP) is 4.43. The molecular weight excluding hydrogens is 365 g/mol. The zero-order chi connectivity index (χ0) is 17.7. The summed E-state index contributed by atoms with van der Waals surface area (Å²) in [5, 5.41) is 0.580. The summed E-state index contributed by atoms with van der Waals surface area (Å²) in [5.74, 6) is -0.635. The van der Waals surface area contributed by atoms with Crippen LogP contribution in [-0.2, 0) is 0 Å². The Kier molecular flexibility index (Phi) is 3.63. The molecule has 0 aliphatic heterocycles. The van der Waals surface area contributed by atoms with Gasteiger partial charge in [0, 0.05) is 11.1 Å². The SMILES string of the molecule is COc1c(Cl)ccc(Cl)c1-c1nc2c(o1)C(=O)c1ccccc1C2=O. The van der Waals surface area contributed by atoms with Crippen molar-refractivity contribution in [3.05, 3.63) is 69.0 Å². The van der Waals surface area contributed by atoms with E-state index in [1.807, 2.05) is 0 Å². The Morgan fingerprint density at radius 1 is 0.960 bits per heavy atom. The number of fused-ring (bicyclic) bond motifs is 2. The largest absolute Gasteiger partial charge is 0.494 e. The van der Waals surface area contributed by atoms with Crippen molar-refractivity contribution in [2.75, 3.05) is 7.11 Å². The van der Waals surface area contributed by atoms with Gasteiger partial charge in [0.25, 0.3) is 0 Å². The fraction of sp³-hybridized carbons (Fsp3) is 0.0556. The van der Waals surface area contributed by atoms with Crippen LogP contribution in [-0.4, -0.2) is 23.7 Å². The zero-order valence-electron chi connectivity index (χ0n) is 12.8. The lowest BCUT2D eigenvalue weighted by molar-refractivity contribution is 0.0959. The number of hydrogen-bond donors (Lipinski definition) is 0. The van der Waals surface area contributed by atoms with Gasteiger partial charge in [0.15, 0.2) is 11.4 Å². The van der Waals surface area contributed by atoms with E-state index in [0.717, 1.165) is 0 Å². The van der Waals surface area contributed by atoms with Crippen molar-refractivity contribution in [2.45, 2.75) is 0 Å². The predicted molar refractivity (Wildman–Crippen MR) is 91.8 cm³/mol. The molecule has 1 aliphatic carbocycles. The van der Waals surface area contributed by atoms with Crippen molar-refractivity contribution < 1.29 is 18.7 Å². The first-order valence-electron chi connectivity index (χ1n) is 7.24. The normalized spacial score (nSPS) is 12.8. The molecule has 0 saturated heterocycles. The fourth-order valence-electron chi connectivity index (χ4n) is 2.80. The number of aromatic nitrogens is 1. The third-order valence-electron chi connectivity index (χ3n) is 3.94. The number of ether oxygens (including phenoxy) is 1. The summed E-state index contributed by atoms with van der Waals surface area (Å²) in [6, 6.07) is 9.66. The van der Waals surface area contributed by atoms with Crippen molar-refractivity contribution in [1.82, 2.24) is 4.98 Å². The second-order valence-electron chi connectivity index (χ2n) is 5.34. The number of carbonyl (C=O) groups is 2. The number of halogens is 2. The van der Waals surface area contributed by atoms with Gasteiger partial charge < -0.3 is 9.15 Å². The molecule has 0 spiro atoms. The first-order chi connectivity index (χ1) is 12.0. The number of oxazole rings is 1. The third kappa shape index (κ3) is 2.27. The molecule has 1 aromatic heterocycles. The van der Waals surface area contributed by atoms with Crippen molar-refractivity contribution in [2.24, 2.45) is 0 Å². The van der Waals surface area contributed by atoms with E-state index >= 15 is 0 Å². The molecule has 25 heavy (non-hydrogen) atoms. The van der Waals surface area contributed by atoms with Crippen molar-refractivity contribution in [3.8, 4) is 17.2 Å². The fourth-order valence-corrected chi connectivity index (χ4v) is 3.26. The highest BCUT2D eigenvalue weighted by molar-refractivity contribution is 6.36. The topological polar surface area (TPSA) is 69.4 Å². The number of rotatable bonds is 2. The minimum absolute atomic E-state index is 0.00357. The van der Waals surface area contributed by atoms with Crippen LogP contribution in [0.4, 0.5) is 0 Å².